The van der Waals surface area contributed by atoms with Crippen LogP contribution in [0.15, 0.2) is 10.6 Å². The van der Waals surface area contributed by atoms with Gasteiger partial charge in [0.25, 0.3) is 0 Å². The van der Waals surface area contributed by atoms with Crippen molar-refractivity contribution in [2.24, 2.45) is 0 Å². The van der Waals surface area contributed by atoms with E-state index in [1.807, 2.05) is 18.7 Å². The Bertz CT molecular complexity index is 250. The summed E-state index contributed by atoms with van der Waals surface area (Å²) in [5.41, 5.74) is 0. The Kier molecular flexibility index (Phi) is 5.71. The third-order valence-electron chi connectivity index (χ3n) is 1.90. The lowest BCUT2D eigenvalue weighted by atomic mass is 10.3. The number of hydrogen-bond donors (Lipinski definition) is 1. The molecule has 0 saturated heterocycles. The normalized spacial score (nSPS) is 10.7. The molecule has 0 radical (unpaired) electrons. The van der Waals surface area contributed by atoms with E-state index in [2.05, 4.69) is 16.6 Å². The van der Waals surface area contributed by atoms with Gasteiger partial charge in [0.15, 0.2) is 0 Å². The molecule has 0 aliphatic carbocycles. The molecule has 0 spiro atoms. The Hall–Kier alpha value is -0.480. The lowest BCUT2D eigenvalue weighted by Crippen LogP contribution is -2.14. The summed E-state index contributed by atoms with van der Waals surface area (Å²) in [6.07, 6.45) is 6.40. The number of aromatic nitrogens is 1. The molecule has 4 heteroatoms. The van der Waals surface area contributed by atoms with Gasteiger partial charge in [-0.3, -0.25) is 0 Å². The van der Waals surface area contributed by atoms with Crippen LogP contribution in [0.1, 0.15) is 24.5 Å². The van der Waals surface area contributed by atoms with Gasteiger partial charge in [-0.25, -0.2) is 4.98 Å². The molecular weight excluding hydrogens is 196 g/mol. The zero-order valence-electron chi connectivity index (χ0n) is 8.88. The number of aryl methyl sites for hydroxylation is 1. The summed E-state index contributed by atoms with van der Waals surface area (Å²) in [7, 11) is 0. The fourth-order valence-corrected chi connectivity index (χ4v) is 1.67. The van der Waals surface area contributed by atoms with Gasteiger partial charge in [0.05, 0.1) is 12.7 Å². The van der Waals surface area contributed by atoms with E-state index in [0.717, 1.165) is 24.7 Å². The maximum Gasteiger partial charge on any atom is 0.208 e. The predicted molar refractivity (Wildman–Crippen MR) is 60.6 cm³/mol. The highest BCUT2D eigenvalue weighted by Crippen LogP contribution is 2.01. The van der Waals surface area contributed by atoms with Crippen molar-refractivity contribution in [3.63, 3.8) is 0 Å². The molecular formula is C10H18N2OS. The molecule has 1 heterocycles. The van der Waals surface area contributed by atoms with Crippen LogP contribution in [0, 0.1) is 6.92 Å². The highest BCUT2D eigenvalue weighted by atomic mass is 32.2. The molecule has 0 aliphatic heterocycles. The van der Waals surface area contributed by atoms with Crippen molar-refractivity contribution < 1.29 is 4.42 Å². The highest BCUT2D eigenvalue weighted by Gasteiger charge is 1.98. The average molecular weight is 214 g/mol. The molecule has 0 saturated carbocycles. The van der Waals surface area contributed by atoms with Crippen LogP contribution in [-0.2, 0) is 6.54 Å². The molecule has 0 atom stereocenters. The van der Waals surface area contributed by atoms with E-state index in [4.69, 9.17) is 4.42 Å². The summed E-state index contributed by atoms with van der Waals surface area (Å²) in [6.45, 7) is 3.70. The predicted octanol–water partition coefficient (Wildman–Crippen LogP) is 2.22. The molecule has 0 unspecified atom stereocenters. The minimum atomic E-state index is 0.743. The van der Waals surface area contributed by atoms with Crippen molar-refractivity contribution >= 4 is 11.8 Å². The van der Waals surface area contributed by atoms with Crippen LogP contribution in [0.3, 0.4) is 0 Å². The third kappa shape index (κ3) is 4.67. The quantitative estimate of drug-likeness (QED) is 0.706. The number of nitrogens with zero attached hydrogens (tertiary/aromatic N) is 1. The Morgan fingerprint density at radius 3 is 3.00 bits per heavy atom. The highest BCUT2D eigenvalue weighted by molar-refractivity contribution is 7.98. The number of hydrogen-bond acceptors (Lipinski definition) is 4. The fraction of sp³-hybridized carbons (Fsp3) is 0.700. The van der Waals surface area contributed by atoms with Crippen LogP contribution in [0.2, 0.25) is 0 Å². The van der Waals surface area contributed by atoms with Gasteiger partial charge in [-0.1, -0.05) is 0 Å². The lowest BCUT2D eigenvalue weighted by molar-refractivity contribution is 0.448. The van der Waals surface area contributed by atoms with Gasteiger partial charge in [-0.05, 0) is 38.3 Å². The molecule has 1 rings (SSSR count). The molecule has 1 aromatic heterocycles. The number of oxazole rings is 1. The van der Waals surface area contributed by atoms with Crippen LogP contribution < -0.4 is 5.32 Å². The Morgan fingerprint density at radius 1 is 1.50 bits per heavy atom. The van der Waals surface area contributed by atoms with Gasteiger partial charge in [0, 0.05) is 0 Å². The van der Waals surface area contributed by atoms with Gasteiger partial charge in [-0.15, -0.1) is 0 Å². The van der Waals surface area contributed by atoms with E-state index in [9.17, 15) is 0 Å². The van der Waals surface area contributed by atoms with Crippen LogP contribution >= 0.6 is 11.8 Å². The van der Waals surface area contributed by atoms with Gasteiger partial charge in [0.2, 0.25) is 5.89 Å². The van der Waals surface area contributed by atoms with Crippen molar-refractivity contribution in [3.8, 4) is 0 Å². The van der Waals surface area contributed by atoms with Crippen molar-refractivity contribution in [1.29, 1.82) is 0 Å². The van der Waals surface area contributed by atoms with Crippen LogP contribution in [0.4, 0.5) is 0 Å². The van der Waals surface area contributed by atoms with E-state index < -0.39 is 0 Å². The smallest absolute Gasteiger partial charge is 0.208 e. The summed E-state index contributed by atoms with van der Waals surface area (Å²) in [4.78, 5) is 4.12. The largest absolute Gasteiger partial charge is 0.445 e. The van der Waals surface area contributed by atoms with Gasteiger partial charge in [0.1, 0.15) is 5.76 Å². The minimum Gasteiger partial charge on any atom is -0.445 e. The third-order valence-corrected chi connectivity index (χ3v) is 2.59. The lowest BCUT2D eigenvalue weighted by Gasteiger charge is -2.00. The maximum absolute atomic E-state index is 5.33. The van der Waals surface area contributed by atoms with Crippen LogP contribution in [0.5, 0.6) is 0 Å². The molecule has 0 amide bonds. The summed E-state index contributed by atoms with van der Waals surface area (Å²) in [5, 5.41) is 3.31. The number of rotatable bonds is 7. The van der Waals surface area contributed by atoms with Crippen LogP contribution in [0.25, 0.3) is 0 Å². The van der Waals surface area contributed by atoms with Gasteiger partial charge >= 0.3 is 0 Å². The monoisotopic (exact) mass is 214 g/mol. The zero-order chi connectivity index (χ0) is 10.2. The van der Waals surface area contributed by atoms with E-state index in [-0.39, 0.29) is 0 Å². The van der Waals surface area contributed by atoms with E-state index in [0.29, 0.717) is 0 Å². The average Bonchev–Trinajstić information content (AvgIpc) is 2.58. The topological polar surface area (TPSA) is 38.1 Å². The first-order chi connectivity index (χ1) is 6.83. The second-order valence-corrected chi connectivity index (χ2v) is 4.23. The summed E-state index contributed by atoms with van der Waals surface area (Å²) >= 11 is 1.90. The van der Waals surface area contributed by atoms with Crippen LogP contribution in [-0.4, -0.2) is 23.5 Å². The molecule has 1 N–H and O–H groups in total. The van der Waals surface area contributed by atoms with Crippen molar-refractivity contribution in [2.75, 3.05) is 18.6 Å². The Balaban J connectivity index is 1.99. The molecule has 0 aromatic carbocycles. The Morgan fingerprint density at radius 2 is 2.36 bits per heavy atom. The van der Waals surface area contributed by atoms with E-state index >= 15 is 0 Å². The van der Waals surface area contributed by atoms with Crippen molar-refractivity contribution in [1.82, 2.24) is 10.3 Å². The number of nitrogens with one attached hydrogen (secondary N) is 1. The molecule has 1 aromatic rings. The van der Waals surface area contributed by atoms with Gasteiger partial charge in [-0.2, -0.15) is 11.8 Å². The summed E-state index contributed by atoms with van der Waals surface area (Å²) in [5.74, 6) is 2.91. The van der Waals surface area contributed by atoms with E-state index in [1.165, 1.54) is 18.6 Å². The first kappa shape index (κ1) is 11.6. The first-order valence-corrected chi connectivity index (χ1v) is 6.33. The number of unbranched alkanes of at least 4 members (excludes halogenated alkanes) is 1. The van der Waals surface area contributed by atoms with Gasteiger partial charge < -0.3 is 9.73 Å². The second-order valence-electron chi connectivity index (χ2n) is 3.24. The standard InChI is InChI=1S/C10H18N2OS/c1-9-7-12-10(13-9)8-11-5-3-4-6-14-2/h7,11H,3-6,8H2,1-2H3. The molecule has 0 aliphatic rings. The molecule has 0 fully saturated rings. The minimum absolute atomic E-state index is 0.743. The molecule has 3 nitrogen and oxygen atoms in total. The molecule has 14 heavy (non-hydrogen) atoms. The van der Waals surface area contributed by atoms with Crippen molar-refractivity contribution in [3.05, 3.63) is 17.8 Å². The first-order valence-electron chi connectivity index (χ1n) is 4.94. The molecule has 80 valence electrons. The van der Waals surface area contributed by atoms with E-state index in [1.54, 1.807) is 6.20 Å². The zero-order valence-corrected chi connectivity index (χ0v) is 9.69. The second kappa shape index (κ2) is 6.90. The van der Waals surface area contributed by atoms with Crippen molar-refractivity contribution in [2.45, 2.75) is 26.3 Å². The number of thioether (sulfide) groups is 1. The summed E-state index contributed by atoms with van der Waals surface area (Å²) < 4.78 is 5.33. The SMILES string of the molecule is CSCCCCNCc1ncc(C)o1. The summed E-state index contributed by atoms with van der Waals surface area (Å²) in [6, 6.07) is 0. The fourth-order valence-electron chi connectivity index (χ4n) is 1.17. The Labute approximate surface area is 89.7 Å². The molecule has 0 bridgehead atoms. The maximum atomic E-state index is 5.33.